The first-order valence-electron chi connectivity index (χ1n) is 10.3. The van der Waals surface area contributed by atoms with Crippen molar-refractivity contribution in [1.29, 1.82) is 0 Å². The van der Waals surface area contributed by atoms with Crippen LogP contribution in [0.25, 0.3) is 0 Å². The van der Waals surface area contributed by atoms with E-state index in [0.717, 1.165) is 0 Å². The van der Waals surface area contributed by atoms with Crippen LogP contribution in [0.1, 0.15) is 11.1 Å². The van der Waals surface area contributed by atoms with E-state index >= 15 is 0 Å². The molecule has 1 unspecified atom stereocenters. The van der Waals surface area contributed by atoms with Crippen LogP contribution in [0, 0.1) is 0 Å². The van der Waals surface area contributed by atoms with Crippen molar-refractivity contribution in [1.82, 2.24) is 0 Å². The number of benzene rings is 2. The number of hydrogen-bond acceptors (Lipinski definition) is 10. The summed E-state index contributed by atoms with van der Waals surface area (Å²) in [6.07, 6.45) is -10.7. The Labute approximate surface area is 234 Å². The largest absolute Gasteiger partial charge is 0.423 e. The third kappa shape index (κ3) is 11.7. The number of hydrogen-bond donors (Lipinski definition) is 2. The number of rotatable bonds is 12. The standard InChI is InChI=1S/C10H9F5O6S2.C9H10F2O6S2/c11-9(12,13)8(10(14,15)23(18,19)20)21-22(16,17)6-7-4-2-1-3-5-7;10-9(11,19(14,15)16)7-17-18(12,13)6-8-4-2-1-3-5-8/h1-5,8H,6H2,(H,18,19,20);1-5H,6-7H2,(H,14,15,16). The maximum absolute atomic E-state index is 13.2. The summed E-state index contributed by atoms with van der Waals surface area (Å²) in [6, 6.07) is 14.0. The lowest BCUT2D eigenvalue weighted by Gasteiger charge is -2.25. The molecule has 0 amide bonds. The molecule has 0 radical (unpaired) electrons. The van der Waals surface area contributed by atoms with Crippen molar-refractivity contribution >= 4 is 40.5 Å². The van der Waals surface area contributed by atoms with Crippen molar-refractivity contribution < 1.29 is 81.9 Å². The lowest BCUT2D eigenvalue weighted by molar-refractivity contribution is -0.237. The fourth-order valence-electron chi connectivity index (χ4n) is 2.45. The van der Waals surface area contributed by atoms with Crippen LogP contribution in [0.3, 0.4) is 0 Å². The summed E-state index contributed by atoms with van der Waals surface area (Å²) < 4.78 is 200. The minimum atomic E-state index is -6.57. The first-order valence-corrected chi connectivity index (χ1v) is 16.4. The van der Waals surface area contributed by atoms with E-state index in [9.17, 15) is 64.4 Å². The van der Waals surface area contributed by atoms with Crippen LogP contribution < -0.4 is 0 Å². The normalized spacial score (nSPS) is 14.5. The third-order valence-electron chi connectivity index (χ3n) is 4.35. The van der Waals surface area contributed by atoms with Crippen molar-refractivity contribution in [3.8, 4) is 0 Å². The molecule has 0 aromatic heterocycles. The van der Waals surface area contributed by atoms with E-state index < -0.39 is 81.4 Å². The van der Waals surface area contributed by atoms with Crippen molar-refractivity contribution in [2.75, 3.05) is 6.61 Å². The van der Waals surface area contributed by atoms with Crippen molar-refractivity contribution in [3.05, 3.63) is 71.8 Å². The van der Waals surface area contributed by atoms with Gasteiger partial charge in [0.25, 0.3) is 26.3 Å². The number of alkyl halides is 7. The van der Waals surface area contributed by atoms with Gasteiger partial charge in [-0.25, -0.2) is 4.18 Å². The highest BCUT2D eigenvalue weighted by atomic mass is 32.2. The van der Waals surface area contributed by atoms with Crippen LogP contribution in [-0.2, 0) is 60.3 Å². The fraction of sp³-hybridized carbons (Fsp3) is 0.368. The lowest BCUT2D eigenvalue weighted by atomic mass is 10.2. The average Bonchev–Trinajstić information content (AvgIpc) is 2.80. The molecule has 0 bridgehead atoms. The molecule has 0 aliphatic carbocycles. The first kappa shape index (κ1) is 37.6. The molecule has 0 aliphatic heterocycles. The van der Waals surface area contributed by atoms with Gasteiger partial charge < -0.3 is 0 Å². The van der Waals surface area contributed by atoms with Gasteiger partial charge in [0.05, 0.1) is 0 Å². The predicted molar refractivity (Wildman–Crippen MR) is 128 cm³/mol. The Kier molecular flexibility index (Phi) is 12.1. The first-order chi connectivity index (χ1) is 18.7. The molecule has 12 nitrogen and oxygen atoms in total. The van der Waals surface area contributed by atoms with Gasteiger partial charge in [0.1, 0.15) is 18.1 Å². The summed E-state index contributed by atoms with van der Waals surface area (Å²) >= 11 is 0. The zero-order chi connectivity index (χ0) is 32.8. The molecule has 2 aromatic rings. The van der Waals surface area contributed by atoms with Crippen LogP contribution >= 0.6 is 0 Å². The molecule has 0 heterocycles. The summed E-state index contributed by atoms with van der Waals surface area (Å²) in [4.78, 5) is 0. The summed E-state index contributed by atoms with van der Waals surface area (Å²) in [5.74, 6) is -1.89. The molecular weight excluding hydrogens is 681 g/mol. The molecule has 0 spiro atoms. The molecule has 0 saturated heterocycles. The Morgan fingerprint density at radius 2 is 1.00 bits per heavy atom. The maximum Gasteiger partial charge on any atom is 0.423 e. The van der Waals surface area contributed by atoms with Crippen LogP contribution in [-0.4, -0.2) is 72.2 Å². The van der Waals surface area contributed by atoms with Crippen LogP contribution in [0.2, 0.25) is 0 Å². The highest BCUT2D eigenvalue weighted by molar-refractivity contribution is 7.87. The minimum Gasteiger partial charge on any atom is -0.281 e. The average molecular weight is 701 g/mol. The van der Waals surface area contributed by atoms with Crippen LogP contribution in [0.5, 0.6) is 0 Å². The Balaban J connectivity index is 0.000000428. The fourth-order valence-corrected chi connectivity index (χ4v) is 5.45. The van der Waals surface area contributed by atoms with E-state index in [0.29, 0.717) is 0 Å². The quantitative estimate of drug-likeness (QED) is 0.187. The summed E-state index contributed by atoms with van der Waals surface area (Å²) in [5.41, 5.74) is 0.210. The number of halogens is 7. The molecule has 1 atom stereocenters. The van der Waals surface area contributed by atoms with Gasteiger partial charge >= 0.3 is 36.9 Å². The predicted octanol–water partition coefficient (Wildman–Crippen LogP) is 2.96. The molecule has 0 aliphatic rings. The van der Waals surface area contributed by atoms with Gasteiger partial charge in [-0.2, -0.15) is 64.4 Å². The molecule has 0 saturated carbocycles. The topological polar surface area (TPSA) is 195 Å². The van der Waals surface area contributed by atoms with Gasteiger partial charge in [-0.15, -0.1) is 0 Å². The smallest absolute Gasteiger partial charge is 0.281 e. The van der Waals surface area contributed by atoms with Gasteiger partial charge in [-0.05, 0) is 11.1 Å². The lowest BCUT2D eigenvalue weighted by Crippen LogP contribution is -2.52. The van der Waals surface area contributed by atoms with Crippen molar-refractivity contribution in [3.63, 3.8) is 0 Å². The highest BCUT2D eigenvalue weighted by Gasteiger charge is 2.66. The van der Waals surface area contributed by atoms with Gasteiger partial charge in [0.15, 0.2) is 0 Å². The second kappa shape index (κ2) is 13.5. The molecule has 240 valence electrons. The molecule has 42 heavy (non-hydrogen) atoms. The zero-order valence-electron chi connectivity index (χ0n) is 20.2. The Hall–Kier alpha value is -2.41. The van der Waals surface area contributed by atoms with E-state index in [-0.39, 0.29) is 11.1 Å². The van der Waals surface area contributed by atoms with E-state index in [4.69, 9.17) is 9.11 Å². The second-order valence-electron chi connectivity index (χ2n) is 7.80. The molecule has 23 heteroatoms. The van der Waals surface area contributed by atoms with E-state index in [2.05, 4.69) is 8.37 Å². The van der Waals surface area contributed by atoms with Gasteiger partial charge in [0, 0.05) is 0 Å². The highest BCUT2D eigenvalue weighted by Crippen LogP contribution is 2.39. The molecule has 2 rings (SSSR count). The Morgan fingerprint density at radius 3 is 1.33 bits per heavy atom. The summed E-state index contributed by atoms with van der Waals surface area (Å²) in [6.45, 7) is -1.97. The monoisotopic (exact) mass is 700 g/mol. The molecular formula is C19H19F7O12S4. The van der Waals surface area contributed by atoms with E-state index in [1.165, 1.54) is 54.6 Å². The van der Waals surface area contributed by atoms with Gasteiger partial charge in [-0.3, -0.25) is 13.3 Å². The Bertz CT molecular complexity index is 1610. The Morgan fingerprint density at radius 1 is 0.619 bits per heavy atom. The van der Waals surface area contributed by atoms with Crippen LogP contribution in [0.4, 0.5) is 30.7 Å². The van der Waals surface area contributed by atoms with Gasteiger partial charge in [0.2, 0.25) is 0 Å². The molecule has 2 aromatic carbocycles. The van der Waals surface area contributed by atoms with E-state index in [1.54, 1.807) is 6.07 Å². The zero-order valence-corrected chi connectivity index (χ0v) is 23.5. The minimum absolute atomic E-state index is 0.0800. The van der Waals surface area contributed by atoms with Crippen molar-refractivity contribution in [2.24, 2.45) is 0 Å². The van der Waals surface area contributed by atoms with Crippen LogP contribution in [0.15, 0.2) is 60.7 Å². The van der Waals surface area contributed by atoms with Crippen molar-refractivity contribution in [2.45, 2.75) is 34.3 Å². The molecule has 0 fully saturated rings. The maximum atomic E-state index is 13.2. The summed E-state index contributed by atoms with van der Waals surface area (Å²) in [7, 11) is -21.9. The second-order valence-corrected chi connectivity index (χ2v) is 14.1. The third-order valence-corrected chi connectivity index (χ3v) is 8.46. The SMILES string of the molecule is O=S(=O)(Cc1ccccc1)OC(C(F)(F)F)C(F)(F)S(=O)(=O)O.O=S(=O)(Cc1ccccc1)OCC(F)(F)S(=O)(=O)O. The summed E-state index contributed by atoms with van der Waals surface area (Å²) in [5, 5.41) is -10.6. The molecule has 2 N–H and O–H groups in total. The van der Waals surface area contributed by atoms with E-state index in [1.807, 2.05) is 0 Å². The van der Waals surface area contributed by atoms with Gasteiger partial charge in [-0.1, -0.05) is 60.7 Å².